The summed E-state index contributed by atoms with van der Waals surface area (Å²) in [5.41, 5.74) is 6.01. The summed E-state index contributed by atoms with van der Waals surface area (Å²) in [5.74, 6) is 3.82. The van der Waals surface area contributed by atoms with Crippen LogP contribution in [0.1, 0.15) is 189 Å². The number of hydrogen-bond acceptors (Lipinski definition) is 2. The minimum absolute atomic E-state index is 0.0619. The second kappa shape index (κ2) is 17.9. The lowest BCUT2D eigenvalue weighted by Crippen LogP contribution is -2.46. The van der Waals surface area contributed by atoms with Crippen LogP contribution in [0.25, 0.3) is 0 Å². The second-order valence-corrected chi connectivity index (χ2v) is 17.2. The third-order valence-corrected chi connectivity index (χ3v) is 13.9. The van der Waals surface area contributed by atoms with Crippen LogP contribution < -0.4 is 0 Å². The van der Waals surface area contributed by atoms with Gasteiger partial charge >= 0.3 is 5.97 Å². The third kappa shape index (κ3) is 9.43. The van der Waals surface area contributed by atoms with E-state index in [2.05, 4.69) is 60.3 Å². The molecule has 0 heterocycles. The third-order valence-electron chi connectivity index (χ3n) is 13.9. The number of hydrogen-bond donors (Lipinski definition) is 0. The van der Waals surface area contributed by atoms with Crippen molar-refractivity contribution in [2.45, 2.75) is 195 Å². The van der Waals surface area contributed by atoms with Gasteiger partial charge in [-0.3, -0.25) is 4.79 Å². The average Bonchev–Trinajstić information content (AvgIpc) is 3.39. The van der Waals surface area contributed by atoms with E-state index >= 15 is 0 Å². The lowest BCUT2D eigenvalue weighted by molar-refractivity contribution is -0.153. The zero-order valence-corrected chi connectivity index (χ0v) is 31.4. The number of unbranched alkanes of at least 4 members (excludes halogenated alkanes) is 9. The van der Waals surface area contributed by atoms with E-state index in [-0.39, 0.29) is 12.1 Å². The molecule has 4 aliphatic rings. The topological polar surface area (TPSA) is 26.3 Å². The van der Waals surface area contributed by atoms with Crippen LogP contribution in [0.3, 0.4) is 0 Å². The molecule has 2 fully saturated rings. The number of carbonyl (C=O) groups is 1. The monoisotopic (exact) mass is 635 g/mol. The average molecular weight is 635 g/mol. The van der Waals surface area contributed by atoms with E-state index < -0.39 is 0 Å². The highest BCUT2D eigenvalue weighted by Crippen LogP contribution is 2.66. The molecule has 0 aliphatic heterocycles. The van der Waals surface area contributed by atoms with Crippen molar-refractivity contribution in [3.63, 3.8) is 0 Å². The molecule has 4 rings (SSSR count). The molecule has 2 nitrogen and oxygen atoms in total. The van der Waals surface area contributed by atoms with Gasteiger partial charge in [0.25, 0.3) is 0 Å². The molecule has 0 radical (unpaired) electrons. The first-order chi connectivity index (χ1) is 22.1. The van der Waals surface area contributed by atoms with Crippen LogP contribution in [-0.4, -0.2) is 12.1 Å². The molecule has 0 aromatic heterocycles. The van der Waals surface area contributed by atoms with Crippen LogP contribution >= 0.6 is 0 Å². The fourth-order valence-corrected chi connectivity index (χ4v) is 10.6. The normalized spacial score (nSPS) is 31.5. The molecule has 46 heavy (non-hydrogen) atoms. The number of allylic oxidation sites excluding steroid dienone is 5. The lowest BCUT2D eigenvalue weighted by atomic mass is 9.50. The molecule has 2 heteroatoms. The molecule has 0 N–H and O–H groups in total. The van der Waals surface area contributed by atoms with Gasteiger partial charge in [0.15, 0.2) is 0 Å². The number of rotatable bonds is 19. The predicted molar refractivity (Wildman–Crippen MR) is 198 cm³/mol. The summed E-state index contributed by atoms with van der Waals surface area (Å²) in [5, 5.41) is 0. The maximum Gasteiger partial charge on any atom is 0.306 e. The molecule has 262 valence electrons. The van der Waals surface area contributed by atoms with Crippen LogP contribution in [0, 0.1) is 40.4 Å². The van der Waals surface area contributed by atoms with Crippen molar-refractivity contribution >= 4 is 5.97 Å². The highest BCUT2D eigenvalue weighted by atomic mass is 16.5. The molecule has 2 saturated carbocycles. The first-order valence-electron chi connectivity index (χ1n) is 20.3. The van der Waals surface area contributed by atoms with Crippen LogP contribution in [-0.2, 0) is 9.53 Å². The Bertz CT molecular complexity index is 1030. The van der Waals surface area contributed by atoms with Gasteiger partial charge < -0.3 is 4.74 Å². The highest BCUT2D eigenvalue weighted by Gasteiger charge is 2.56. The molecular formula is C44H74O2. The van der Waals surface area contributed by atoms with Gasteiger partial charge in [-0.05, 0) is 143 Å². The van der Waals surface area contributed by atoms with Crippen molar-refractivity contribution in [1.82, 2.24) is 0 Å². The van der Waals surface area contributed by atoms with E-state index in [9.17, 15) is 4.79 Å². The van der Waals surface area contributed by atoms with Gasteiger partial charge in [-0.1, -0.05) is 116 Å². The lowest BCUT2D eigenvalue weighted by Gasteiger charge is -2.55. The summed E-state index contributed by atoms with van der Waals surface area (Å²) >= 11 is 0. The summed E-state index contributed by atoms with van der Waals surface area (Å²) in [4.78, 5) is 12.8. The zero-order valence-electron chi connectivity index (χ0n) is 31.4. The Morgan fingerprint density at radius 2 is 1.57 bits per heavy atom. The summed E-state index contributed by atoms with van der Waals surface area (Å²) in [6, 6.07) is 0. The van der Waals surface area contributed by atoms with Crippen molar-refractivity contribution in [2.24, 2.45) is 40.4 Å². The fourth-order valence-electron chi connectivity index (χ4n) is 10.6. The van der Waals surface area contributed by atoms with E-state index in [0.717, 1.165) is 43.4 Å². The molecule has 7 unspecified atom stereocenters. The van der Waals surface area contributed by atoms with Crippen LogP contribution in [0.15, 0.2) is 35.5 Å². The molecule has 0 aromatic rings. The maximum absolute atomic E-state index is 12.8. The Balaban J connectivity index is 1.17. The van der Waals surface area contributed by atoms with E-state index in [1.807, 2.05) is 11.1 Å². The van der Waals surface area contributed by atoms with Crippen LogP contribution in [0.2, 0.25) is 0 Å². The highest BCUT2D eigenvalue weighted by molar-refractivity contribution is 5.69. The van der Waals surface area contributed by atoms with Crippen molar-refractivity contribution in [2.75, 3.05) is 0 Å². The van der Waals surface area contributed by atoms with Crippen molar-refractivity contribution in [3.8, 4) is 0 Å². The van der Waals surface area contributed by atoms with E-state index in [4.69, 9.17) is 4.74 Å². The largest absolute Gasteiger partial charge is 0.462 e. The van der Waals surface area contributed by atoms with Gasteiger partial charge in [0, 0.05) is 6.42 Å². The molecule has 0 saturated heterocycles. The predicted octanol–water partition coefficient (Wildman–Crippen LogP) is 13.5. The molecule has 0 spiro atoms. The molecule has 4 aliphatic carbocycles. The molecule has 7 atom stereocenters. The summed E-state index contributed by atoms with van der Waals surface area (Å²) in [6.07, 6.45) is 33.3. The van der Waals surface area contributed by atoms with Gasteiger partial charge in [0.2, 0.25) is 0 Å². The second-order valence-electron chi connectivity index (χ2n) is 17.2. The van der Waals surface area contributed by atoms with Gasteiger partial charge in [-0.15, -0.1) is 0 Å². The number of carbonyl (C=O) groups excluding carboxylic acids is 1. The van der Waals surface area contributed by atoms with Gasteiger partial charge in [-0.25, -0.2) is 0 Å². The summed E-state index contributed by atoms with van der Waals surface area (Å²) in [6.45, 7) is 19.1. The van der Waals surface area contributed by atoms with E-state index in [1.54, 1.807) is 0 Å². The zero-order chi connectivity index (χ0) is 33.2. The fraction of sp³-hybridized carbons (Fsp3) is 0.841. The summed E-state index contributed by atoms with van der Waals surface area (Å²) < 4.78 is 6.14. The Morgan fingerprint density at radius 3 is 2.28 bits per heavy atom. The minimum atomic E-state index is 0.0619. The van der Waals surface area contributed by atoms with Crippen LogP contribution in [0.5, 0.6) is 0 Å². The molecule has 0 bridgehead atoms. The minimum Gasteiger partial charge on any atom is -0.462 e. The molecule has 0 amide bonds. The Labute approximate surface area is 286 Å². The number of ether oxygens (including phenoxy) is 1. The van der Waals surface area contributed by atoms with Gasteiger partial charge in [0.05, 0.1) is 0 Å². The van der Waals surface area contributed by atoms with Gasteiger partial charge in [0.1, 0.15) is 6.10 Å². The number of esters is 1. The Hall–Kier alpha value is -1.31. The first-order valence-corrected chi connectivity index (χ1v) is 20.3. The molecular weight excluding hydrogens is 560 g/mol. The van der Waals surface area contributed by atoms with Crippen LogP contribution in [0.4, 0.5) is 0 Å². The van der Waals surface area contributed by atoms with Crippen molar-refractivity contribution < 1.29 is 9.53 Å². The smallest absolute Gasteiger partial charge is 0.306 e. The van der Waals surface area contributed by atoms with Crippen molar-refractivity contribution in [1.29, 1.82) is 0 Å². The quantitative estimate of drug-likeness (QED) is 0.0802. The van der Waals surface area contributed by atoms with Gasteiger partial charge in [-0.2, -0.15) is 0 Å². The number of fused-ring (bicyclic) bond motifs is 4. The molecule has 0 aromatic carbocycles. The van der Waals surface area contributed by atoms with E-state index in [1.165, 1.54) is 121 Å². The first kappa shape index (κ1) is 37.5. The Morgan fingerprint density at radius 1 is 0.870 bits per heavy atom. The van der Waals surface area contributed by atoms with Crippen molar-refractivity contribution in [3.05, 3.63) is 35.5 Å². The maximum atomic E-state index is 12.8. The standard InChI is InChI=1S/C44H74O2/c1-8-9-10-11-12-13-14-15-16-17-18-19-20-21-42(45)46-37-28-30-43(6)36(32-37)24-25-38-40-27-26-39(44(40,7)31-29-41(38)43)35(5)23-22-34(4)33(2)3/h13-14,33,35-37,39-40H,4,8-12,15-32H2,1-3,5-7H3. The summed E-state index contributed by atoms with van der Waals surface area (Å²) in [7, 11) is 0. The SMILES string of the molecule is C=C(CCC(C)C1CCC2C3=C(CCC21C)C1(C)CCC(OC(=O)CCCCCCCC=CCCCCCC)CC1CC3)C(C)C. The van der Waals surface area contributed by atoms with E-state index in [0.29, 0.717) is 29.1 Å². The Kier molecular flexibility index (Phi) is 14.6.